The van der Waals surface area contributed by atoms with Gasteiger partial charge in [-0.3, -0.25) is 19.1 Å². The smallest absolute Gasteiger partial charge is 0.237 e. The predicted molar refractivity (Wildman–Crippen MR) is 584 cm³/mol. The van der Waals surface area contributed by atoms with Crippen LogP contribution in [-0.2, 0) is 0 Å². The highest BCUT2D eigenvalue weighted by Gasteiger charge is 2.34. The van der Waals surface area contributed by atoms with E-state index < -0.39 is 0 Å². The molecule has 21 aromatic carbocycles. The molecule has 646 valence electrons. The molecule has 13 heterocycles. The maximum Gasteiger partial charge on any atom is 0.237 e. The number of rotatable bonds is 4. The molecule has 0 saturated carbocycles. The molecular formula is C128H69N13. The monoisotopic (exact) mass is 1790 g/mol. The summed E-state index contributed by atoms with van der Waals surface area (Å²) in [6, 6.07) is 148. The van der Waals surface area contributed by atoms with Gasteiger partial charge in [0.05, 0.1) is 144 Å². The van der Waals surface area contributed by atoms with Crippen LogP contribution in [-0.4, -0.2) is 61.4 Å². The normalized spacial score (nSPS) is 12.7. The van der Waals surface area contributed by atoms with Crippen molar-refractivity contribution >= 4 is 256 Å². The highest BCUT2D eigenvalue weighted by Crippen LogP contribution is 2.56. The molecule has 141 heavy (non-hydrogen) atoms. The number of fused-ring (bicyclic) bond motifs is 43. The molecule has 0 amide bonds. The first-order chi connectivity index (χ1) is 70.1. The molecule has 2 aliphatic rings. The molecule has 0 N–H and O–H groups in total. The van der Waals surface area contributed by atoms with Gasteiger partial charge in [-0.2, -0.15) is 4.98 Å². The van der Waals surface area contributed by atoms with Crippen LogP contribution >= 0.6 is 0 Å². The second kappa shape index (κ2) is 26.9. The number of hydrogen-bond donors (Lipinski definition) is 0. The lowest BCUT2D eigenvalue weighted by Crippen LogP contribution is -2.07. The van der Waals surface area contributed by atoms with Crippen molar-refractivity contribution in [3.8, 4) is 68.2 Å². The molecule has 0 bridgehead atoms. The van der Waals surface area contributed by atoms with Crippen LogP contribution in [0.5, 0.6) is 0 Å². The van der Waals surface area contributed by atoms with Gasteiger partial charge in [-0.15, -0.1) is 0 Å². The number of aromatic nitrogens is 13. The number of benzene rings is 21. The van der Waals surface area contributed by atoms with Gasteiger partial charge in [-0.1, -0.05) is 273 Å². The van der Waals surface area contributed by atoms with Crippen LogP contribution in [0.15, 0.2) is 419 Å². The molecule has 2 aliphatic carbocycles. The van der Waals surface area contributed by atoms with E-state index in [0.29, 0.717) is 5.95 Å². The molecule has 36 rings (SSSR count). The highest BCUT2D eigenvalue weighted by molar-refractivity contribution is 6.40. The third-order valence-corrected chi connectivity index (χ3v) is 31.4. The summed E-state index contributed by atoms with van der Waals surface area (Å²) in [5.74, 6) is 1.52. The summed E-state index contributed by atoms with van der Waals surface area (Å²) in [6.07, 6.45) is 3.58. The number of nitrogens with zero attached hydrogens (tertiary/aromatic N) is 13. The fourth-order valence-corrected chi connectivity index (χ4v) is 26.0. The third-order valence-electron chi connectivity index (χ3n) is 31.4. The van der Waals surface area contributed by atoms with E-state index in [1.165, 1.54) is 223 Å². The van der Waals surface area contributed by atoms with E-state index in [2.05, 4.69) is 426 Å². The number of para-hydroxylation sites is 13. The molecule has 0 aliphatic heterocycles. The third kappa shape index (κ3) is 9.40. The van der Waals surface area contributed by atoms with Crippen LogP contribution in [0.4, 0.5) is 0 Å². The van der Waals surface area contributed by atoms with Gasteiger partial charge in [0.2, 0.25) is 5.95 Å². The molecule has 0 spiro atoms. The summed E-state index contributed by atoms with van der Waals surface area (Å²) in [7, 11) is 0. The van der Waals surface area contributed by atoms with Gasteiger partial charge in [0.1, 0.15) is 0 Å². The highest BCUT2D eigenvalue weighted by atomic mass is 15.2. The Balaban J connectivity index is 0.0000000927. The molecular weight excluding hydrogens is 1720 g/mol. The zero-order chi connectivity index (χ0) is 91.1. The predicted octanol–water partition coefficient (Wildman–Crippen LogP) is 32.3. The van der Waals surface area contributed by atoms with Gasteiger partial charge in [-0.25, -0.2) is 15.0 Å². The van der Waals surface area contributed by atoms with E-state index in [1.54, 1.807) is 12.4 Å². The Morgan fingerprint density at radius 3 is 1.01 bits per heavy atom. The van der Waals surface area contributed by atoms with Gasteiger partial charge in [0.15, 0.2) is 5.82 Å². The number of hydrogen-bond acceptors (Lipinski definition) is 6. The fraction of sp³-hybridized carbons (Fsp3) is 0. The first-order valence-corrected chi connectivity index (χ1v) is 48.2. The van der Waals surface area contributed by atoms with E-state index in [0.717, 1.165) is 94.9 Å². The van der Waals surface area contributed by atoms with Crippen molar-refractivity contribution in [3.05, 3.63) is 419 Å². The summed E-state index contributed by atoms with van der Waals surface area (Å²) in [5, 5.41) is 33.8. The van der Waals surface area contributed by atoms with Crippen molar-refractivity contribution in [1.82, 2.24) is 61.4 Å². The average Bonchev–Trinajstić information content (AvgIpc) is 1.51. The second-order valence-electron chi connectivity index (χ2n) is 38.1. The molecule has 13 heteroatoms. The molecule has 0 unspecified atom stereocenters. The Bertz CT molecular complexity index is 11600. The lowest BCUT2D eigenvalue weighted by Gasteiger charge is -2.14. The molecule has 0 fully saturated rings. The van der Waals surface area contributed by atoms with Crippen LogP contribution in [0.25, 0.3) is 324 Å². The quantitative estimate of drug-likeness (QED) is 0.174. The van der Waals surface area contributed by atoms with E-state index in [-0.39, 0.29) is 0 Å². The minimum atomic E-state index is 0.653. The van der Waals surface area contributed by atoms with E-state index in [1.807, 2.05) is 12.1 Å². The summed E-state index contributed by atoms with van der Waals surface area (Å²) in [6.45, 7) is 0. The minimum Gasteiger partial charge on any atom is -0.309 e. The van der Waals surface area contributed by atoms with Crippen molar-refractivity contribution in [3.63, 3.8) is 0 Å². The maximum absolute atomic E-state index is 5.61. The SMILES string of the molecule is c1cc2c3c(ccc(-n4c5ccccc5c5c6c7ccccc7n7c8ccccc8c(cc54)c67)c3c1)-c1nccnc1-2.c1ccc2c(c1)ccc1c2c2cc3c4ccccc4n(-c4nc(-n5c6ccccc6c6ccccc65)c5ccccc5n4)c3c3c4ccccc4n1c23.c1ccc2nc3c(nc2c1)-c1cccc2c(-n4c5ccccc5c5c6c7ccccc7n7c8ccccc8c(cc54)c67)ccc-3c12. The van der Waals surface area contributed by atoms with Crippen molar-refractivity contribution in [2.45, 2.75) is 0 Å². The molecule has 0 saturated heterocycles. The fourth-order valence-electron chi connectivity index (χ4n) is 26.0. The molecule has 0 radical (unpaired) electrons. The maximum atomic E-state index is 5.61. The molecule has 13 aromatic heterocycles. The Labute approximate surface area is 798 Å². The molecule has 34 aromatic rings. The van der Waals surface area contributed by atoms with Crippen LogP contribution < -0.4 is 0 Å². The van der Waals surface area contributed by atoms with Crippen molar-refractivity contribution in [2.75, 3.05) is 0 Å². The second-order valence-corrected chi connectivity index (χ2v) is 38.1. The van der Waals surface area contributed by atoms with E-state index >= 15 is 0 Å². The van der Waals surface area contributed by atoms with Gasteiger partial charge in [-0.05, 0) is 144 Å². The van der Waals surface area contributed by atoms with E-state index in [9.17, 15) is 0 Å². The first kappa shape index (κ1) is 74.1. The Kier molecular flexibility index (Phi) is 14.1. The molecule has 13 nitrogen and oxygen atoms in total. The largest absolute Gasteiger partial charge is 0.309 e. The minimum absolute atomic E-state index is 0.653. The van der Waals surface area contributed by atoms with E-state index in [4.69, 9.17) is 29.9 Å². The van der Waals surface area contributed by atoms with Crippen LogP contribution in [0.2, 0.25) is 0 Å². The van der Waals surface area contributed by atoms with Gasteiger partial charge in [0.25, 0.3) is 0 Å². The standard InChI is InChI=1S/C48H27N5.C42H22N4.C38H20N4/c1-2-14-29-28(13-1)25-26-42-43(29)36-27-35-32-17-6-11-23-40(32)53(45(35)44-34-19-7-12-24-41(34)51(42)46(36)44)48-49-37-20-8-3-18-33(37)47(50-48)52-38-21-9-4-15-30(38)31-16-5-10-22-39(31)52;1-6-17-32-23(10-1)29-22-36-38(39-26-12-3-8-19-34(26)46(32)42(29)39)25-11-2-7-18-33(25)45(36)35-21-20-28-37-24(35)13-9-14-27(37)40-41(28)44-31-16-5-4-15-30(31)43-40;1-4-13-28-21(8-1)27-20-32-34(35-24-10-3-6-15-30(24)42(28)38(27)35)23-9-2-5-14-29(23)41(32)31-17-16-26-33-22(31)11-7-12-25(33)36-37(26)40-19-18-39-36/h1-27H;1-22H;1-20H. The summed E-state index contributed by atoms with van der Waals surface area (Å²) >= 11 is 0. The zero-order valence-corrected chi connectivity index (χ0v) is 75.2. The summed E-state index contributed by atoms with van der Waals surface area (Å²) in [4.78, 5) is 30.7. The van der Waals surface area contributed by atoms with Crippen molar-refractivity contribution in [2.24, 2.45) is 0 Å². The van der Waals surface area contributed by atoms with Gasteiger partial charge < -0.3 is 22.3 Å². The Morgan fingerprint density at radius 2 is 0.511 bits per heavy atom. The van der Waals surface area contributed by atoms with Crippen LogP contribution in [0, 0.1) is 0 Å². The van der Waals surface area contributed by atoms with Crippen LogP contribution in [0.3, 0.4) is 0 Å². The van der Waals surface area contributed by atoms with Crippen LogP contribution in [0.1, 0.15) is 0 Å². The summed E-state index contributed by atoms with van der Waals surface area (Å²) in [5.41, 5.74) is 34.2. The Hall–Kier alpha value is -19.2. The van der Waals surface area contributed by atoms with Crippen molar-refractivity contribution in [1.29, 1.82) is 0 Å². The summed E-state index contributed by atoms with van der Waals surface area (Å²) < 4.78 is 17.1. The topological polar surface area (TPSA) is 110 Å². The molecule has 0 atom stereocenters. The van der Waals surface area contributed by atoms with Crippen molar-refractivity contribution < 1.29 is 0 Å². The Morgan fingerprint density at radius 1 is 0.163 bits per heavy atom. The lowest BCUT2D eigenvalue weighted by atomic mass is 10.00. The van der Waals surface area contributed by atoms with Gasteiger partial charge >= 0.3 is 0 Å². The first-order valence-electron chi connectivity index (χ1n) is 48.2. The zero-order valence-electron chi connectivity index (χ0n) is 75.2. The van der Waals surface area contributed by atoms with Gasteiger partial charge in [0, 0.05) is 169 Å². The average molecular weight is 1790 g/mol. The lowest BCUT2D eigenvalue weighted by molar-refractivity contribution is 0.974.